The summed E-state index contributed by atoms with van der Waals surface area (Å²) in [7, 11) is 0. The number of ether oxygens (including phenoxy) is 2. The van der Waals surface area contributed by atoms with Gasteiger partial charge in [0, 0.05) is 11.4 Å². The zero-order valence-electron chi connectivity index (χ0n) is 15.9. The number of hydrogen-bond acceptors (Lipinski definition) is 4. The summed E-state index contributed by atoms with van der Waals surface area (Å²) in [5.74, 6) is 1.45. The highest BCUT2D eigenvalue weighted by molar-refractivity contribution is 5.93. The van der Waals surface area contributed by atoms with E-state index in [-0.39, 0.29) is 12.5 Å². The van der Waals surface area contributed by atoms with Crippen molar-refractivity contribution in [1.29, 1.82) is 0 Å². The number of aryl methyl sites for hydroxylation is 1. The topological polar surface area (TPSA) is 59.6 Å². The number of benzene rings is 3. The number of para-hydroxylation sites is 1. The lowest BCUT2D eigenvalue weighted by atomic mass is 10.2. The van der Waals surface area contributed by atoms with Gasteiger partial charge in [0.15, 0.2) is 0 Å². The van der Waals surface area contributed by atoms with Crippen LogP contribution in [0.1, 0.15) is 5.56 Å². The summed E-state index contributed by atoms with van der Waals surface area (Å²) in [4.78, 5) is 12.1. The molecule has 0 heterocycles. The molecule has 1 amide bonds. The Morgan fingerprint density at radius 1 is 0.750 bits per heavy atom. The number of amides is 1. The fraction of sp³-hybridized carbons (Fsp3) is 0.174. The summed E-state index contributed by atoms with van der Waals surface area (Å²) < 4.78 is 11.2. The third-order valence-corrected chi connectivity index (χ3v) is 4.01. The Labute approximate surface area is 165 Å². The molecule has 0 spiro atoms. The fourth-order valence-corrected chi connectivity index (χ4v) is 2.53. The monoisotopic (exact) mass is 376 g/mol. The maximum Gasteiger partial charge on any atom is 0.243 e. The van der Waals surface area contributed by atoms with Gasteiger partial charge in [0.05, 0.1) is 6.54 Å². The van der Waals surface area contributed by atoms with E-state index in [1.165, 1.54) is 5.56 Å². The molecule has 3 aromatic carbocycles. The molecule has 5 nitrogen and oxygen atoms in total. The van der Waals surface area contributed by atoms with Crippen LogP contribution >= 0.6 is 0 Å². The molecule has 144 valence electrons. The highest BCUT2D eigenvalue weighted by Gasteiger charge is 2.03. The van der Waals surface area contributed by atoms with Crippen LogP contribution in [0.5, 0.6) is 11.5 Å². The molecule has 2 N–H and O–H groups in total. The molecule has 0 aliphatic carbocycles. The van der Waals surface area contributed by atoms with Crippen molar-refractivity contribution in [3.63, 3.8) is 0 Å². The number of hydrogen-bond donors (Lipinski definition) is 2. The number of carbonyl (C=O) groups excluding carboxylic acids is 1. The van der Waals surface area contributed by atoms with E-state index < -0.39 is 0 Å². The minimum Gasteiger partial charge on any atom is -0.490 e. The summed E-state index contributed by atoms with van der Waals surface area (Å²) in [6.45, 7) is 3.15. The van der Waals surface area contributed by atoms with Gasteiger partial charge >= 0.3 is 0 Å². The minimum atomic E-state index is -0.106. The van der Waals surface area contributed by atoms with Gasteiger partial charge in [0.25, 0.3) is 0 Å². The lowest BCUT2D eigenvalue weighted by molar-refractivity contribution is -0.114. The lowest BCUT2D eigenvalue weighted by Crippen LogP contribution is -2.21. The van der Waals surface area contributed by atoms with Gasteiger partial charge < -0.3 is 20.1 Å². The average Bonchev–Trinajstić information content (AvgIpc) is 2.73. The normalized spacial score (nSPS) is 10.2. The molecule has 0 radical (unpaired) electrons. The van der Waals surface area contributed by atoms with Crippen LogP contribution in [0, 0.1) is 6.92 Å². The highest BCUT2D eigenvalue weighted by atomic mass is 16.5. The Kier molecular flexibility index (Phi) is 6.90. The van der Waals surface area contributed by atoms with Gasteiger partial charge in [-0.1, -0.05) is 35.9 Å². The Balaban J connectivity index is 1.37. The summed E-state index contributed by atoms with van der Waals surface area (Å²) in [5.41, 5.74) is 2.83. The summed E-state index contributed by atoms with van der Waals surface area (Å²) >= 11 is 0. The van der Waals surface area contributed by atoms with E-state index in [2.05, 4.69) is 10.6 Å². The Hall–Kier alpha value is -3.47. The predicted molar refractivity (Wildman–Crippen MR) is 112 cm³/mol. The molecule has 0 atom stereocenters. The largest absolute Gasteiger partial charge is 0.490 e. The van der Waals surface area contributed by atoms with E-state index in [0.29, 0.717) is 13.2 Å². The second-order valence-electron chi connectivity index (χ2n) is 6.30. The van der Waals surface area contributed by atoms with E-state index in [9.17, 15) is 4.79 Å². The van der Waals surface area contributed by atoms with Crippen LogP contribution < -0.4 is 20.1 Å². The quantitative estimate of drug-likeness (QED) is 0.540. The van der Waals surface area contributed by atoms with E-state index in [1.807, 2.05) is 85.8 Å². The molecule has 0 aliphatic rings. The molecule has 3 aromatic rings. The third kappa shape index (κ3) is 6.36. The highest BCUT2D eigenvalue weighted by Crippen LogP contribution is 2.16. The Bertz CT molecular complexity index is 863. The van der Waals surface area contributed by atoms with Crippen molar-refractivity contribution >= 4 is 17.3 Å². The zero-order valence-corrected chi connectivity index (χ0v) is 15.9. The molecular formula is C23H24N2O3. The van der Waals surface area contributed by atoms with Gasteiger partial charge in [-0.25, -0.2) is 0 Å². The van der Waals surface area contributed by atoms with Crippen molar-refractivity contribution in [2.45, 2.75) is 6.92 Å². The van der Waals surface area contributed by atoms with E-state index in [1.54, 1.807) is 0 Å². The number of rotatable bonds is 9. The number of anilines is 2. The van der Waals surface area contributed by atoms with E-state index >= 15 is 0 Å². The molecule has 5 heteroatoms. The molecule has 0 aromatic heterocycles. The molecular weight excluding hydrogens is 352 g/mol. The first-order valence-electron chi connectivity index (χ1n) is 9.20. The van der Waals surface area contributed by atoms with E-state index in [4.69, 9.17) is 9.47 Å². The predicted octanol–water partition coefficient (Wildman–Crippen LogP) is 4.50. The van der Waals surface area contributed by atoms with Crippen LogP contribution in [0.2, 0.25) is 0 Å². The van der Waals surface area contributed by atoms with Gasteiger partial charge in [0.2, 0.25) is 5.91 Å². The maximum absolute atomic E-state index is 12.1. The third-order valence-electron chi connectivity index (χ3n) is 4.01. The van der Waals surface area contributed by atoms with Crippen LogP contribution in [0.4, 0.5) is 11.4 Å². The summed E-state index contributed by atoms with van der Waals surface area (Å²) in [5, 5.41) is 5.96. The van der Waals surface area contributed by atoms with Gasteiger partial charge in [-0.15, -0.1) is 0 Å². The van der Waals surface area contributed by atoms with Crippen molar-refractivity contribution in [2.75, 3.05) is 30.4 Å². The standard InChI is InChI=1S/C23H24N2O3/c1-18-7-9-19(10-8-18)24-17-23(26)25-20-11-13-22(14-12-20)28-16-15-27-21-5-3-2-4-6-21/h2-14,24H,15-17H2,1H3,(H,25,26). The zero-order chi connectivity index (χ0) is 19.6. The number of nitrogens with one attached hydrogen (secondary N) is 2. The molecule has 0 aliphatic heterocycles. The van der Waals surface area contributed by atoms with Crippen molar-refractivity contribution in [1.82, 2.24) is 0 Å². The van der Waals surface area contributed by atoms with Crippen LogP contribution in [-0.4, -0.2) is 25.7 Å². The van der Waals surface area contributed by atoms with Gasteiger partial charge in [-0.2, -0.15) is 0 Å². The Morgan fingerprint density at radius 2 is 1.32 bits per heavy atom. The lowest BCUT2D eigenvalue weighted by Gasteiger charge is -2.10. The van der Waals surface area contributed by atoms with Crippen LogP contribution in [-0.2, 0) is 4.79 Å². The van der Waals surface area contributed by atoms with Crippen LogP contribution in [0.3, 0.4) is 0 Å². The molecule has 0 unspecified atom stereocenters. The van der Waals surface area contributed by atoms with Crippen molar-refractivity contribution in [2.24, 2.45) is 0 Å². The second-order valence-corrected chi connectivity index (χ2v) is 6.30. The summed E-state index contributed by atoms with van der Waals surface area (Å²) in [6, 6.07) is 24.8. The van der Waals surface area contributed by atoms with Gasteiger partial charge in [-0.05, 0) is 55.5 Å². The van der Waals surface area contributed by atoms with Crippen molar-refractivity contribution in [3.05, 3.63) is 84.4 Å². The van der Waals surface area contributed by atoms with Gasteiger partial charge in [0.1, 0.15) is 24.7 Å². The molecule has 0 fully saturated rings. The number of carbonyl (C=O) groups is 1. The van der Waals surface area contributed by atoms with Crippen LogP contribution in [0.15, 0.2) is 78.9 Å². The summed E-state index contributed by atoms with van der Waals surface area (Å²) in [6.07, 6.45) is 0. The SMILES string of the molecule is Cc1ccc(NCC(=O)Nc2ccc(OCCOc3ccccc3)cc2)cc1. The Morgan fingerprint density at radius 3 is 1.96 bits per heavy atom. The molecule has 3 rings (SSSR count). The second kappa shape index (κ2) is 10.0. The van der Waals surface area contributed by atoms with Crippen LogP contribution in [0.25, 0.3) is 0 Å². The first kappa shape index (κ1) is 19.3. The molecule has 0 saturated heterocycles. The van der Waals surface area contributed by atoms with Gasteiger partial charge in [-0.3, -0.25) is 4.79 Å². The molecule has 0 bridgehead atoms. The minimum absolute atomic E-state index is 0.106. The first-order chi connectivity index (χ1) is 13.7. The first-order valence-corrected chi connectivity index (χ1v) is 9.20. The van der Waals surface area contributed by atoms with Crippen molar-refractivity contribution in [3.8, 4) is 11.5 Å². The van der Waals surface area contributed by atoms with E-state index in [0.717, 1.165) is 22.9 Å². The average molecular weight is 376 g/mol. The fourth-order valence-electron chi connectivity index (χ4n) is 2.53. The maximum atomic E-state index is 12.1. The molecule has 0 saturated carbocycles. The smallest absolute Gasteiger partial charge is 0.243 e. The molecule has 28 heavy (non-hydrogen) atoms. The van der Waals surface area contributed by atoms with Crippen molar-refractivity contribution < 1.29 is 14.3 Å².